The summed E-state index contributed by atoms with van der Waals surface area (Å²) in [6.45, 7) is 11.1. The highest BCUT2D eigenvalue weighted by atomic mass is 16.4. The standard InChI is InChI=1S/C26H26N4O.C21H22N2O2.C5H6N2/c1-18-15-19(17-30-13-4-5-14-30)10-11-21(18)23-16-20-7-6-8-22(25(20)28-23)26(31)29-24-9-2-3-12-27-24;1-14-11-15(13-23-9-2-3-10-23)7-8-17(14)19-12-16-5-4-6-18(21(24)25)20(16)22-19;6-5-3-1-2-4-7-5/h2-3,6-12,15H,4-5,13-14,16-17H2,1H3,(H,27,29,31);4-8,11H,2-3,9-10,12-13H2,1H3,(H,24,25);1-4H,(H2,6,7). The number of fused-ring (bicyclic) bond motifs is 2. The minimum Gasteiger partial charge on any atom is -0.478 e. The highest BCUT2D eigenvalue weighted by Gasteiger charge is 2.25. The first kappa shape index (κ1) is 42.9. The number of carboxylic acid groups (broad SMARTS) is 1. The monoisotopic (exact) mass is 838 g/mol. The lowest BCUT2D eigenvalue weighted by atomic mass is 9.97. The Bertz CT molecular complexity index is 2650. The number of amides is 1. The average Bonchev–Trinajstić information content (AvgIpc) is 4.13. The number of aromatic carboxylic acids is 1. The highest BCUT2D eigenvalue weighted by molar-refractivity contribution is 6.13. The number of rotatable bonds is 9. The van der Waals surface area contributed by atoms with E-state index in [1.54, 1.807) is 36.7 Å². The molecule has 2 fully saturated rings. The average molecular weight is 839 g/mol. The van der Waals surface area contributed by atoms with Gasteiger partial charge in [0.15, 0.2) is 0 Å². The SMILES string of the molecule is Cc1cc(CN2CCCC2)ccc1C1=Nc2c(cccc2C(=O)Nc2ccccn2)C1.Cc1cc(CN2CCCC2)ccc1C1=Nc2c(cccc2C(=O)O)C1.Nc1ccccn1. The Morgan fingerprint density at radius 3 is 1.57 bits per heavy atom. The summed E-state index contributed by atoms with van der Waals surface area (Å²) in [6, 6.07) is 35.4. The number of nitrogens with zero attached hydrogens (tertiary/aromatic N) is 6. The van der Waals surface area contributed by atoms with Crippen molar-refractivity contribution in [3.63, 3.8) is 0 Å². The van der Waals surface area contributed by atoms with Gasteiger partial charge in [-0.1, -0.05) is 72.8 Å². The molecule has 0 radical (unpaired) electrons. The number of para-hydroxylation sites is 2. The third-order valence-corrected chi connectivity index (χ3v) is 11.9. The van der Waals surface area contributed by atoms with Crippen LogP contribution in [0.15, 0.2) is 132 Å². The van der Waals surface area contributed by atoms with Crippen LogP contribution < -0.4 is 11.1 Å². The van der Waals surface area contributed by atoms with E-state index in [0.29, 0.717) is 29.3 Å². The van der Waals surface area contributed by atoms with Gasteiger partial charge in [-0.3, -0.25) is 24.6 Å². The molecule has 6 aromatic rings. The fourth-order valence-electron chi connectivity index (χ4n) is 8.80. The molecule has 11 nitrogen and oxygen atoms in total. The maximum Gasteiger partial charge on any atom is 0.337 e. The molecule has 0 atom stereocenters. The number of anilines is 2. The normalized spacial score (nSPS) is 15.3. The molecular formula is C52H54N8O3. The van der Waals surface area contributed by atoms with Crippen molar-refractivity contribution in [2.75, 3.05) is 37.2 Å². The van der Waals surface area contributed by atoms with E-state index in [0.717, 1.165) is 58.9 Å². The molecule has 0 bridgehead atoms. The maximum atomic E-state index is 12.9. The van der Waals surface area contributed by atoms with Crippen LogP contribution in [0.25, 0.3) is 0 Å². The fourth-order valence-corrected chi connectivity index (χ4v) is 8.80. The van der Waals surface area contributed by atoms with Gasteiger partial charge in [0, 0.05) is 38.3 Å². The van der Waals surface area contributed by atoms with Crippen molar-refractivity contribution in [3.8, 4) is 0 Å². The molecule has 10 rings (SSSR count). The molecule has 2 aromatic heterocycles. The number of carboxylic acids is 1. The summed E-state index contributed by atoms with van der Waals surface area (Å²) in [5, 5.41) is 12.2. The Kier molecular flexibility index (Phi) is 13.5. The van der Waals surface area contributed by atoms with Crippen LogP contribution in [-0.4, -0.2) is 74.4 Å². The Hall–Kier alpha value is -6.82. The van der Waals surface area contributed by atoms with Crippen LogP contribution >= 0.6 is 0 Å². The first-order valence-electron chi connectivity index (χ1n) is 21.8. The van der Waals surface area contributed by atoms with Crippen LogP contribution in [0.4, 0.5) is 23.0 Å². The van der Waals surface area contributed by atoms with E-state index in [-0.39, 0.29) is 11.5 Å². The van der Waals surface area contributed by atoms with E-state index < -0.39 is 5.97 Å². The van der Waals surface area contributed by atoms with Crippen molar-refractivity contribution >= 4 is 46.3 Å². The summed E-state index contributed by atoms with van der Waals surface area (Å²) in [6.07, 6.45) is 9.99. The van der Waals surface area contributed by atoms with Crippen molar-refractivity contribution < 1.29 is 14.7 Å². The second-order valence-corrected chi connectivity index (χ2v) is 16.6. The van der Waals surface area contributed by atoms with Gasteiger partial charge in [-0.2, -0.15) is 0 Å². The van der Waals surface area contributed by atoms with E-state index in [4.69, 9.17) is 10.7 Å². The molecule has 63 heavy (non-hydrogen) atoms. The Labute approximate surface area is 369 Å². The first-order valence-corrected chi connectivity index (χ1v) is 21.8. The van der Waals surface area contributed by atoms with Crippen LogP contribution in [-0.2, 0) is 25.9 Å². The van der Waals surface area contributed by atoms with Gasteiger partial charge >= 0.3 is 5.97 Å². The summed E-state index contributed by atoms with van der Waals surface area (Å²) in [7, 11) is 0. The van der Waals surface area contributed by atoms with Crippen LogP contribution in [0.1, 0.15) is 90.9 Å². The van der Waals surface area contributed by atoms with Gasteiger partial charge in [-0.15, -0.1) is 0 Å². The minimum atomic E-state index is -0.917. The van der Waals surface area contributed by atoms with Crippen molar-refractivity contribution in [2.24, 2.45) is 9.98 Å². The molecule has 4 aliphatic heterocycles. The summed E-state index contributed by atoms with van der Waals surface area (Å²) in [4.78, 5) is 46.8. The van der Waals surface area contributed by atoms with Gasteiger partial charge in [0.25, 0.3) is 5.91 Å². The number of nitrogens with one attached hydrogen (secondary N) is 1. The number of carbonyl (C=O) groups is 2. The van der Waals surface area contributed by atoms with Crippen LogP contribution in [0.2, 0.25) is 0 Å². The topological polar surface area (TPSA) is 149 Å². The molecule has 4 aromatic carbocycles. The van der Waals surface area contributed by atoms with E-state index in [1.807, 2.05) is 42.5 Å². The number of carbonyl (C=O) groups excluding carboxylic acids is 1. The predicted octanol–water partition coefficient (Wildman–Crippen LogP) is 9.54. The van der Waals surface area contributed by atoms with E-state index >= 15 is 0 Å². The second kappa shape index (κ2) is 19.9. The molecule has 11 heteroatoms. The summed E-state index contributed by atoms with van der Waals surface area (Å²) in [5.41, 5.74) is 19.0. The molecule has 2 saturated heterocycles. The molecule has 0 aliphatic carbocycles. The lowest BCUT2D eigenvalue weighted by molar-refractivity contribution is 0.0697. The largest absolute Gasteiger partial charge is 0.478 e. The molecule has 320 valence electrons. The number of benzene rings is 4. The fraction of sp³-hybridized carbons (Fsp3) is 0.269. The van der Waals surface area contributed by atoms with Crippen LogP contribution in [0.3, 0.4) is 0 Å². The van der Waals surface area contributed by atoms with Crippen LogP contribution in [0.5, 0.6) is 0 Å². The Morgan fingerprint density at radius 1 is 0.619 bits per heavy atom. The Morgan fingerprint density at radius 2 is 1.13 bits per heavy atom. The predicted molar refractivity (Wildman–Crippen MR) is 252 cm³/mol. The molecule has 1 amide bonds. The molecule has 6 heterocycles. The van der Waals surface area contributed by atoms with Crippen molar-refractivity contribution in [3.05, 3.63) is 177 Å². The van der Waals surface area contributed by atoms with E-state index in [1.165, 1.54) is 74.1 Å². The smallest absolute Gasteiger partial charge is 0.337 e. The van der Waals surface area contributed by atoms with Gasteiger partial charge in [0.1, 0.15) is 11.6 Å². The van der Waals surface area contributed by atoms with Crippen LogP contribution in [0, 0.1) is 13.8 Å². The zero-order chi connectivity index (χ0) is 43.7. The summed E-state index contributed by atoms with van der Waals surface area (Å²) < 4.78 is 0. The number of likely N-dealkylation sites (tertiary alicyclic amines) is 2. The molecular weight excluding hydrogens is 785 g/mol. The number of aromatic nitrogens is 2. The molecule has 0 spiro atoms. The third kappa shape index (κ3) is 10.6. The molecule has 4 N–H and O–H groups in total. The van der Waals surface area contributed by atoms with Crippen molar-refractivity contribution in [1.29, 1.82) is 0 Å². The van der Waals surface area contributed by atoms with Crippen molar-refractivity contribution in [2.45, 2.75) is 65.5 Å². The molecule has 0 saturated carbocycles. The van der Waals surface area contributed by atoms with Gasteiger partial charge in [0.2, 0.25) is 0 Å². The van der Waals surface area contributed by atoms with Gasteiger partial charge in [-0.25, -0.2) is 14.8 Å². The van der Waals surface area contributed by atoms with Crippen molar-refractivity contribution in [1.82, 2.24) is 19.8 Å². The van der Waals surface area contributed by atoms with E-state index in [9.17, 15) is 14.7 Å². The second-order valence-electron chi connectivity index (χ2n) is 16.6. The number of nitrogens with two attached hydrogens (primary N) is 1. The number of hydrogen-bond acceptors (Lipinski definition) is 9. The summed E-state index contributed by atoms with van der Waals surface area (Å²) >= 11 is 0. The number of aryl methyl sites for hydroxylation is 2. The molecule has 0 unspecified atom stereocenters. The lowest BCUT2D eigenvalue weighted by Crippen LogP contribution is -2.18. The van der Waals surface area contributed by atoms with Gasteiger partial charge in [-0.05, 0) is 147 Å². The quantitative estimate of drug-likeness (QED) is 0.130. The Balaban J connectivity index is 0.000000152. The first-order chi connectivity index (χ1) is 30.7. The highest BCUT2D eigenvalue weighted by Crippen LogP contribution is 2.35. The van der Waals surface area contributed by atoms with Gasteiger partial charge in [0.05, 0.1) is 33.9 Å². The van der Waals surface area contributed by atoms with E-state index in [2.05, 4.69) is 86.4 Å². The number of pyridine rings is 2. The summed E-state index contributed by atoms with van der Waals surface area (Å²) in [5.74, 6) is 0.0111. The zero-order valence-corrected chi connectivity index (χ0v) is 36.1. The number of aliphatic imine (C=N–C) groups is 2. The molecule has 4 aliphatic rings. The zero-order valence-electron chi connectivity index (χ0n) is 36.1. The minimum absolute atomic E-state index is 0.182. The number of hydrogen-bond donors (Lipinski definition) is 3. The third-order valence-electron chi connectivity index (χ3n) is 11.9. The lowest BCUT2D eigenvalue weighted by Gasteiger charge is -2.16. The van der Waals surface area contributed by atoms with Gasteiger partial charge < -0.3 is 16.2 Å². The maximum absolute atomic E-state index is 12.9. The number of nitrogen functional groups attached to an aromatic ring is 1.